The topological polar surface area (TPSA) is 108 Å². The van der Waals surface area contributed by atoms with Crippen LogP contribution in [0.15, 0.2) is 47.4 Å². The van der Waals surface area contributed by atoms with E-state index in [9.17, 15) is 18.0 Å². The third kappa shape index (κ3) is 6.40. The maximum Gasteiger partial charge on any atom is 0.243 e. The van der Waals surface area contributed by atoms with E-state index in [1.165, 1.54) is 15.4 Å². The first-order valence-electron chi connectivity index (χ1n) is 13.2. The van der Waals surface area contributed by atoms with Gasteiger partial charge in [0.1, 0.15) is 6.04 Å². The van der Waals surface area contributed by atoms with Gasteiger partial charge in [0.05, 0.1) is 17.4 Å². The van der Waals surface area contributed by atoms with Crippen LogP contribution in [0.5, 0.6) is 0 Å². The summed E-state index contributed by atoms with van der Waals surface area (Å²) in [5.74, 6) is -0.772. The van der Waals surface area contributed by atoms with Crippen LogP contribution < -0.4 is 16.0 Å². The molecule has 2 aromatic rings. The maximum absolute atomic E-state index is 13.3. The third-order valence-electron chi connectivity index (χ3n) is 7.41. The van der Waals surface area contributed by atoms with Crippen LogP contribution in [0.2, 0.25) is 0 Å². The van der Waals surface area contributed by atoms with Crippen molar-refractivity contribution in [2.75, 3.05) is 13.1 Å². The summed E-state index contributed by atoms with van der Waals surface area (Å²) in [6.07, 6.45) is 3.58. The lowest BCUT2D eigenvalue weighted by Gasteiger charge is -2.34. The van der Waals surface area contributed by atoms with E-state index >= 15 is 0 Å². The molecular formula is C28H38N4O4S. The van der Waals surface area contributed by atoms with Gasteiger partial charge in [-0.15, -0.1) is 0 Å². The highest BCUT2D eigenvalue weighted by Gasteiger charge is 2.40. The second-order valence-electron chi connectivity index (χ2n) is 10.2. The zero-order valence-electron chi connectivity index (χ0n) is 21.9. The summed E-state index contributed by atoms with van der Waals surface area (Å²) in [6, 6.07) is 12.2. The molecule has 3 atom stereocenters. The molecule has 0 saturated carbocycles. The van der Waals surface area contributed by atoms with E-state index in [0.29, 0.717) is 6.04 Å². The largest absolute Gasteiger partial charge is 0.353 e. The van der Waals surface area contributed by atoms with Crippen molar-refractivity contribution < 1.29 is 18.0 Å². The van der Waals surface area contributed by atoms with E-state index in [1.54, 1.807) is 24.3 Å². The molecule has 37 heavy (non-hydrogen) atoms. The number of hydrogen-bond donors (Lipinski definition) is 3. The van der Waals surface area contributed by atoms with Crippen molar-refractivity contribution in [3.05, 3.63) is 64.7 Å². The number of amides is 2. The summed E-state index contributed by atoms with van der Waals surface area (Å²) < 4.78 is 27.9. The third-order valence-corrected chi connectivity index (χ3v) is 9.33. The predicted molar refractivity (Wildman–Crippen MR) is 143 cm³/mol. The van der Waals surface area contributed by atoms with Crippen LogP contribution in [0.3, 0.4) is 0 Å². The predicted octanol–water partition coefficient (Wildman–Crippen LogP) is 2.96. The van der Waals surface area contributed by atoms with Crippen molar-refractivity contribution in [1.29, 1.82) is 0 Å². The van der Waals surface area contributed by atoms with Crippen LogP contribution in [0.4, 0.5) is 0 Å². The number of carbonyl (C=O) groups is 2. The zero-order chi connectivity index (χ0) is 26.6. The fraction of sp³-hybridized carbons (Fsp3) is 0.500. The Balaban J connectivity index is 1.46. The lowest BCUT2D eigenvalue weighted by atomic mass is 9.86. The van der Waals surface area contributed by atoms with E-state index < -0.39 is 22.0 Å². The molecule has 3 N–H and O–H groups in total. The first-order valence-corrected chi connectivity index (χ1v) is 14.6. The van der Waals surface area contributed by atoms with Crippen LogP contribution in [-0.2, 0) is 32.6 Å². The molecule has 1 aliphatic heterocycles. The number of fused-ring (bicyclic) bond motifs is 1. The number of hydrogen-bond acceptors (Lipinski definition) is 5. The van der Waals surface area contributed by atoms with Crippen LogP contribution in [0.25, 0.3) is 0 Å². The fourth-order valence-corrected chi connectivity index (χ4v) is 6.60. The molecule has 200 valence electrons. The van der Waals surface area contributed by atoms with E-state index in [0.717, 1.165) is 43.4 Å². The van der Waals surface area contributed by atoms with Gasteiger partial charge in [0.2, 0.25) is 21.8 Å². The average molecular weight is 527 g/mol. The van der Waals surface area contributed by atoms with Gasteiger partial charge < -0.3 is 16.0 Å². The van der Waals surface area contributed by atoms with Crippen LogP contribution in [0, 0.1) is 6.92 Å². The molecule has 2 amide bonds. The molecule has 1 heterocycles. The number of piperazine rings is 1. The van der Waals surface area contributed by atoms with E-state index in [1.807, 2.05) is 6.92 Å². The lowest BCUT2D eigenvalue weighted by Crippen LogP contribution is -2.58. The standard InChI is InChI=1S/C28H38N4O4S/c1-4-20(3)30-18-21-10-13-24-22(16-21)6-5-7-25(24)31-27(33)17-26-28(34)29-14-15-32(26)37(35,36)23-11-8-19(2)9-12-23/h8-13,16,20,25-26,30H,4-7,14-15,17-18H2,1-3H3,(H,29,34)(H,31,33)/t20-,25+,26+/m0/s1. The normalized spacial score (nSPS) is 21.1. The number of sulfonamides is 1. The summed E-state index contributed by atoms with van der Waals surface area (Å²) >= 11 is 0. The van der Waals surface area contributed by atoms with Gasteiger partial charge in [-0.25, -0.2) is 8.42 Å². The molecule has 0 aromatic heterocycles. The molecular weight excluding hydrogens is 488 g/mol. The van der Waals surface area contributed by atoms with E-state index in [4.69, 9.17) is 0 Å². The Bertz CT molecular complexity index is 1230. The molecule has 8 nitrogen and oxygen atoms in total. The first kappa shape index (κ1) is 27.3. The smallest absolute Gasteiger partial charge is 0.243 e. The van der Waals surface area contributed by atoms with Crippen molar-refractivity contribution in [3.8, 4) is 0 Å². The Kier molecular flexibility index (Phi) is 8.67. The number of rotatable bonds is 9. The quantitative estimate of drug-likeness (QED) is 0.466. The van der Waals surface area contributed by atoms with Gasteiger partial charge in [-0.3, -0.25) is 9.59 Å². The molecule has 1 aliphatic carbocycles. The molecule has 4 rings (SSSR count). The van der Waals surface area contributed by atoms with Gasteiger partial charge in [0.15, 0.2) is 0 Å². The average Bonchev–Trinajstić information content (AvgIpc) is 2.88. The van der Waals surface area contributed by atoms with E-state index in [2.05, 4.69) is 48.0 Å². The highest BCUT2D eigenvalue weighted by molar-refractivity contribution is 7.89. The Morgan fingerprint density at radius 3 is 2.68 bits per heavy atom. The van der Waals surface area contributed by atoms with Crippen LogP contribution in [-0.4, -0.2) is 49.7 Å². The summed E-state index contributed by atoms with van der Waals surface area (Å²) in [5, 5.41) is 9.32. The number of nitrogens with zero attached hydrogens (tertiary/aromatic N) is 1. The monoisotopic (exact) mass is 526 g/mol. The van der Waals surface area contributed by atoms with Crippen molar-refractivity contribution in [3.63, 3.8) is 0 Å². The minimum Gasteiger partial charge on any atom is -0.353 e. The summed E-state index contributed by atoms with van der Waals surface area (Å²) in [7, 11) is -3.92. The van der Waals surface area contributed by atoms with Crippen LogP contribution in [0.1, 0.15) is 67.8 Å². The molecule has 2 aliphatic rings. The first-order chi connectivity index (χ1) is 17.7. The van der Waals surface area contributed by atoms with Gasteiger partial charge in [0.25, 0.3) is 0 Å². The molecule has 1 fully saturated rings. The molecule has 0 unspecified atom stereocenters. The molecule has 1 saturated heterocycles. The second-order valence-corrected chi connectivity index (χ2v) is 12.1. The minimum absolute atomic E-state index is 0.123. The van der Waals surface area contributed by atoms with Gasteiger partial charge in [-0.1, -0.05) is 42.8 Å². The number of carbonyl (C=O) groups excluding carboxylic acids is 2. The zero-order valence-corrected chi connectivity index (χ0v) is 22.7. The molecule has 0 radical (unpaired) electrons. The van der Waals surface area contributed by atoms with Gasteiger partial charge >= 0.3 is 0 Å². The summed E-state index contributed by atoms with van der Waals surface area (Å²) in [4.78, 5) is 26.0. The molecule has 0 bridgehead atoms. The lowest BCUT2D eigenvalue weighted by molar-refractivity contribution is -0.132. The van der Waals surface area contributed by atoms with Crippen molar-refractivity contribution in [2.45, 2.75) is 82.4 Å². The fourth-order valence-electron chi connectivity index (χ4n) is 5.01. The number of benzene rings is 2. The van der Waals surface area contributed by atoms with Crippen molar-refractivity contribution >= 4 is 21.8 Å². The van der Waals surface area contributed by atoms with Gasteiger partial charge in [-0.05, 0) is 68.4 Å². The minimum atomic E-state index is -3.92. The Morgan fingerprint density at radius 2 is 1.95 bits per heavy atom. The van der Waals surface area contributed by atoms with E-state index in [-0.39, 0.29) is 36.4 Å². The number of aryl methyl sites for hydroxylation is 2. The summed E-state index contributed by atoms with van der Waals surface area (Å²) in [5.41, 5.74) is 4.50. The maximum atomic E-state index is 13.3. The van der Waals surface area contributed by atoms with Crippen LogP contribution >= 0.6 is 0 Å². The highest BCUT2D eigenvalue weighted by atomic mass is 32.2. The SMILES string of the molecule is CC[C@H](C)NCc1ccc2c(c1)CCC[C@H]2NC(=O)C[C@@H]1C(=O)NCCN1S(=O)(=O)c1ccc(C)cc1. The molecule has 2 aromatic carbocycles. The second kappa shape index (κ2) is 11.8. The van der Waals surface area contributed by atoms with Gasteiger partial charge in [-0.2, -0.15) is 4.31 Å². The molecule has 9 heteroatoms. The Hall–Kier alpha value is -2.75. The summed E-state index contributed by atoms with van der Waals surface area (Å²) in [6.45, 7) is 7.36. The Morgan fingerprint density at radius 1 is 1.19 bits per heavy atom. The molecule has 0 spiro atoms. The van der Waals surface area contributed by atoms with Gasteiger partial charge in [0, 0.05) is 25.7 Å². The number of nitrogens with one attached hydrogen (secondary N) is 3. The highest BCUT2D eigenvalue weighted by Crippen LogP contribution is 2.31. The van der Waals surface area contributed by atoms with Crippen molar-refractivity contribution in [1.82, 2.24) is 20.3 Å². The Labute approximate surface area is 220 Å². The van der Waals surface area contributed by atoms with Crippen molar-refractivity contribution in [2.24, 2.45) is 0 Å².